The highest BCUT2D eigenvalue weighted by atomic mass is 35.5. The Balaban J connectivity index is 1.71. The van der Waals surface area contributed by atoms with Gasteiger partial charge in [0.15, 0.2) is 4.80 Å². The summed E-state index contributed by atoms with van der Waals surface area (Å²) in [5, 5.41) is 3.47. The highest BCUT2D eigenvalue weighted by molar-refractivity contribution is 7.07. The van der Waals surface area contributed by atoms with E-state index in [4.69, 9.17) is 21.1 Å². The first kappa shape index (κ1) is 25.5. The summed E-state index contributed by atoms with van der Waals surface area (Å²) in [6.07, 6.45) is 1.74. The van der Waals surface area contributed by atoms with Crippen LogP contribution >= 0.6 is 22.9 Å². The number of nitrogens with zero attached hydrogens (tertiary/aromatic N) is 2. The minimum Gasteiger partial charge on any atom is -0.497 e. The SMILES string of the molecule is COc1cccc([C@@H]2C(C(=O)Nc3ccccc3)=C(C)N=c3s/c(=C\c4cc(Cl)ccc4OC)c(=O)n32)c1. The Morgan fingerprint density at radius 3 is 2.58 bits per heavy atom. The summed E-state index contributed by atoms with van der Waals surface area (Å²) in [4.78, 5) is 32.7. The maximum atomic E-state index is 13.9. The number of rotatable bonds is 6. The summed E-state index contributed by atoms with van der Waals surface area (Å²) in [5.41, 5.74) is 2.67. The van der Waals surface area contributed by atoms with E-state index in [1.165, 1.54) is 11.3 Å². The van der Waals surface area contributed by atoms with Gasteiger partial charge in [-0.1, -0.05) is 53.3 Å². The number of hydrogen-bond donors (Lipinski definition) is 1. The number of fused-ring (bicyclic) bond motifs is 1. The van der Waals surface area contributed by atoms with Gasteiger partial charge in [-0.15, -0.1) is 0 Å². The third-order valence-electron chi connectivity index (χ3n) is 6.19. The topological polar surface area (TPSA) is 81.9 Å². The number of allylic oxidation sites excluding steroid dienone is 1. The van der Waals surface area contributed by atoms with Gasteiger partial charge in [0, 0.05) is 16.3 Å². The van der Waals surface area contributed by atoms with Crippen molar-refractivity contribution < 1.29 is 14.3 Å². The molecule has 0 radical (unpaired) electrons. The van der Waals surface area contributed by atoms with Crippen LogP contribution in [0.25, 0.3) is 6.08 Å². The quantitative estimate of drug-likeness (QED) is 0.385. The molecule has 1 aliphatic heterocycles. The average Bonchev–Trinajstić information content (AvgIpc) is 3.22. The van der Waals surface area contributed by atoms with E-state index in [9.17, 15) is 9.59 Å². The summed E-state index contributed by atoms with van der Waals surface area (Å²) in [6, 6.07) is 21.0. The zero-order valence-electron chi connectivity index (χ0n) is 20.9. The molecule has 38 heavy (non-hydrogen) atoms. The van der Waals surface area contributed by atoms with Crippen molar-refractivity contribution >= 4 is 40.6 Å². The zero-order chi connectivity index (χ0) is 26.8. The molecule has 1 N–H and O–H groups in total. The Bertz CT molecular complexity index is 1740. The Morgan fingerprint density at radius 1 is 1.05 bits per heavy atom. The predicted molar refractivity (Wildman–Crippen MR) is 150 cm³/mol. The van der Waals surface area contributed by atoms with Gasteiger partial charge in [0.25, 0.3) is 11.5 Å². The predicted octanol–water partition coefficient (Wildman–Crippen LogP) is 4.54. The Hall–Kier alpha value is -4.14. The maximum absolute atomic E-state index is 13.9. The Morgan fingerprint density at radius 2 is 1.84 bits per heavy atom. The summed E-state index contributed by atoms with van der Waals surface area (Å²) in [6.45, 7) is 1.78. The van der Waals surface area contributed by atoms with Crippen LogP contribution < -0.4 is 29.7 Å². The van der Waals surface area contributed by atoms with Crippen molar-refractivity contribution in [2.75, 3.05) is 19.5 Å². The van der Waals surface area contributed by atoms with Gasteiger partial charge in [0.1, 0.15) is 11.5 Å². The van der Waals surface area contributed by atoms with Gasteiger partial charge >= 0.3 is 0 Å². The molecule has 0 unspecified atom stereocenters. The van der Waals surface area contributed by atoms with Crippen molar-refractivity contribution in [3.8, 4) is 11.5 Å². The number of carbonyl (C=O) groups excluding carboxylic acids is 1. The number of benzene rings is 3. The first-order valence-electron chi connectivity index (χ1n) is 11.8. The molecule has 1 aliphatic rings. The van der Waals surface area contributed by atoms with Crippen LogP contribution in [-0.2, 0) is 4.79 Å². The third-order valence-corrected chi connectivity index (χ3v) is 7.40. The number of para-hydroxylation sites is 1. The van der Waals surface area contributed by atoms with Gasteiger partial charge in [0.2, 0.25) is 0 Å². The standard InChI is InChI=1S/C29H24ClN3O4S/c1-17-25(27(34)32-21-9-5-4-6-10-21)26(18-8-7-11-22(15-18)36-2)33-28(35)24(38-29(33)31-17)16-19-14-20(30)12-13-23(19)37-3/h4-16,26H,1-3H3,(H,32,34)/b24-16-/t26-/m1/s1. The fourth-order valence-corrected chi connectivity index (χ4v) is 5.64. The van der Waals surface area contributed by atoms with E-state index in [1.54, 1.807) is 50.0 Å². The van der Waals surface area contributed by atoms with Crippen LogP contribution in [0.5, 0.6) is 11.5 Å². The zero-order valence-corrected chi connectivity index (χ0v) is 22.5. The molecule has 1 atom stereocenters. The summed E-state index contributed by atoms with van der Waals surface area (Å²) >= 11 is 7.46. The molecular formula is C29H24ClN3O4S. The van der Waals surface area contributed by atoms with E-state index in [-0.39, 0.29) is 11.5 Å². The maximum Gasteiger partial charge on any atom is 0.271 e. The summed E-state index contributed by atoms with van der Waals surface area (Å²) in [5.74, 6) is 0.866. The lowest BCUT2D eigenvalue weighted by molar-refractivity contribution is -0.113. The van der Waals surface area contributed by atoms with Gasteiger partial charge in [-0.2, -0.15) is 0 Å². The molecule has 9 heteroatoms. The van der Waals surface area contributed by atoms with Crippen LogP contribution in [-0.4, -0.2) is 24.7 Å². The van der Waals surface area contributed by atoms with Crippen LogP contribution in [0, 0.1) is 0 Å². The van der Waals surface area contributed by atoms with E-state index < -0.39 is 6.04 Å². The lowest BCUT2D eigenvalue weighted by Gasteiger charge is -2.25. The minimum atomic E-state index is -0.714. The number of anilines is 1. The number of thiazole rings is 1. The number of carbonyl (C=O) groups is 1. The molecular weight excluding hydrogens is 522 g/mol. The third kappa shape index (κ3) is 4.88. The molecule has 0 saturated carbocycles. The smallest absolute Gasteiger partial charge is 0.271 e. The second kappa shape index (κ2) is 10.7. The van der Waals surface area contributed by atoms with Crippen LogP contribution in [0.2, 0.25) is 5.02 Å². The lowest BCUT2D eigenvalue weighted by Crippen LogP contribution is -2.40. The molecule has 4 aromatic rings. The fraction of sp³-hybridized carbons (Fsp3) is 0.138. The van der Waals surface area contributed by atoms with E-state index in [2.05, 4.69) is 10.3 Å². The van der Waals surface area contributed by atoms with E-state index in [0.29, 0.717) is 48.4 Å². The molecule has 3 aromatic carbocycles. The van der Waals surface area contributed by atoms with E-state index in [1.807, 2.05) is 54.6 Å². The van der Waals surface area contributed by atoms with Crippen LogP contribution in [0.1, 0.15) is 24.1 Å². The molecule has 0 aliphatic carbocycles. The highest BCUT2D eigenvalue weighted by Crippen LogP contribution is 2.32. The minimum absolute atomic E-state index is 0.277. The number of nitrogens with one attached hydrogen (secondary N) is 1. The van der Waals surface area contributed by atoms with Gasteiger partial charge in [0.05, 0.1) is 36.1 Å². The molecule has 1 amide bonds. The summed E-state index contributed by atoms with van der Waals surface area (Å²) in [7, 11) is 3.14. The number of ether oxygens (including phenoxy) is 2. The van der Waals surface area contributed by atoms with Crippen molar-refractivity contribution in [2.45, 2.75) is 13.0 Å². The van der Waals surface area contributed by atoms with Crippen LogP contribution in [0.4, 0.5) is 5.69 Å². The van der Waals surface area contributed by atoms with Crippen molar-refractivity contribution in [1.82, 2.24) is 4.57 Å². The first-order chi connectivity index (χ1) is 18.4. The van der Waals surface area contributed by atoms with Gasteiger partial charge < -0.3 is 14.8 Å². The number of hydrogen-bond acceptors (Lipinski definition) is 6. The molecule has 0 bridgehead atoms. The van der Waals surface area contributed by atoms with Crippen molar-refractivity contribution in [3.63, 3.8) is 0 Å². The normalized spacial score (nSPS) is 15.1. The number of methoxy groups -OCH3 is 2. The first-order valence-corrected chi connectivity index (χ1v) is 13.0. The summed E-state index contributed by atoms with van der Waals surface area (Å²) < 4.78 is 12.9. The second-order valence-electron chi connectivity index (χ2n) is 8.56. The molecule has 7 nitrogen and oxygen atoms in total. The Kier molecular flexibility index (Phi) is 7.18. The molecule has 0 saturated heterocycles. The largest absolute Gasteiger partial charge is 0.497 e. The highest BCUT2D eigenvalue weighted by Gasteiger charge is 2.32. The Labute approximate surface area is 228 Å². The number of halogens is 1. The van der Waals surface area contributed by atoms with E-state index in [0.717, 1.165) is 5.56 Å². The molecule has 0 spiro atoms. The van der Waals surface area contributed by atoms with Crippen LogP contribution in [0.15, 0.2) is 93.9 Å². The lowest BCUT2D eigenvalue weighted by atomic mass is 9.95. The van der Waals surface area contributed by atoms with Crippen molar-refractivity contribution in [1.29, 1.82) is 0 Å². The second-order valence-corrected chi connectivity index (χ2v) is 10.0. The average molecular weight is 546 g/mol. The van der Waals surface area contributed by atoms with Crippen molar-refractivity contribution in [2.24, 2.45) is 4.99 Å². The van der Waals surface area contributed by atoms with Gasteiger partial charge in [-0.05, 0) is 61.0 Å². The molecule has 2 heterocycles. The molecule has 5 rings (SSSR count). The van der Waals surface area contributed by atoms with Gasteiger partial charge in [-0.25, -0.2) is 4.99 Å². The van der Waals surface area contributed by atoms with Crippen LogP contribution in [0.3, 0.4) is 0 Å². The van der Waals surface area contributed by atoms with Gasteiger partial charge in [-0.3, -0.25) is 14.2 Å². The molecule has 192 valence electrons. The number of aromatic nitrogens is 1. The monoisotopic (exact) mass is 545 g/mol. The fourth-order valence-electron chi connectivity index (χ4n) is 4.42. The molecule has 0 fully saturated rings. The van der Waals surface area contributed by atoms with Crippen molar-refractivity contribution in [3.05, 3.63) is 120 Å². The van der Waals surface area contributed by atoms with E-state index >= 15 is 0 Å². The molecule has 1 aromatic heterocycles. The number of amides is 1.